The average molecular weight is 238 g/mol. The van der Waals surface area contributed by atoms with Crippen molar-refractivity contribution in [2.45, 2.75) is 20.3 Å². The van der Waals surface area contributed by atoms with E-state index in [0.717, 1.165) is 12.7 Å². The van der Waals surface area contributed by atoms with Crippen LogP contribution in [-0.4, -0.2) is 26.3 Å². The summed E-state index contributed by atoms with van der Waals surface area (Å²) in [6, 6.07) is 5.14. The SMILES string of the molecule is CCCOc1ccc(C=O)c(OCOCC)c1. The van der Waals surface area contributed by atoms with Crippen molar-refractivity contribution in [3.63, 3.8) is 0 Å². The highest BCUT2D eigenvalue weighted by Gasteiger charge is 2.05. The standard InChI is InChI=1S/C13H18O4/c1-3-7-16-12-6-5-11(9-14)13(8-12)17-10-15-4-2/h5-6,8-9H,3-4,7,10H2,1-2H3. The zero-order valence-electron chi connectivity index (χ0n) is 10.3. The molecule has 0 aliphatic heterocycles. The van der Waals surface area contributed by atoms with E-state index >= 15 is 0 Å². The van der Waals surface area contributed by atoms with Gasteiger partial charge >= 0.3 is 0 Å². The van der Waals surface area contributed by atoms with Gasteiger partial charge in [0.15, 0.2) is 13.1 Å². The Labute approximate surface area is 101 Å². The van der Waals surface area contributed by atoms with Crippen molar-refractivity contribution in [2.75, 3.05) is 20.0 Å². The number of hydrogen-bond acceptors (Lipinski definition) is 4. The molecule has 1 aromatic rings. The van der Waals surface area contributed by atoms with Crippen molar-refractivity contribution >= 4 is 6.29 Å². The molecule has 17 heavy (non-hydrogen) atoms. The van der Waals surface area contributed by atoms with Gasteiger partial charge in [0.1, 0.15) is 11.5 Å². The van der Waals surface area contributed by atoms with Crippen LogP contribution in [0.1, 0.15) is 30.6 Å². The van der Waals surface area contributed by atoms with Gasteiger partial charge in [0.2, 0.25) is 0 Å². The molecule has 94 valence electrons. The Morgan fingerprint density at radius 3 is 2.71 bits per heavy atom. The molecule has 1 rings (SSSR count). The van der Waals surface area contributed by atoms with Crippen LogP contribution < -0.4 is 9.47 Å². The second-order valence-electron chi connectivity index (χ2n) is 3.42. The lowest BCUT2D eigenvalue weighted by Crippen LogP contribution is -2.04. The fraction of sp³-hybridized carbons (Fsp3) is 0.462. The topological polar surface area (TPSA) is 44.8 Å². The number of rotatable bonds is 8. The van der Waals surface area contributed by atoms with E-state index < -0.39 is 0 Å². The minimum Gasteiger partial charge on any atom is -0.493 e. The van der Waals surface area contributed by atoms with Gasteiger partial charge in [-0.25, -0.2) is 0 Å². The summed E-state index contributed by atoms with van der Waals surface area (Å²) in [5.41, 5.74) is 0.494. The lowest BCUT2D eigenvalue weighted by atomic mass is 10.2. The second kappa shape index (κ2) is 7.68. The smallest absolute Gasteiger partial charge is 0.189 e. The molecule has 0 amide bonds. The maximum absolute atomic E-state index is 10.8. The highest BCUT2D eigenvalue weighted by atomic mass is 16.7. The van der Waals surface area contributed by atoms with E-state index in [1.807, 2.05) is 13.8 Å². The van der Waals surface area contributed by atoms with Gasteiger partial charge in [-0.15, -0.1) is 0 Å². The van der Waals surface area contributed by atoms with E-state index in [0.29, 0.717) is 30.3 Å². The number of ether oxygens (including phenoxy) is 3. The third-order valence-corrected chi connectivity index (χ3v) is 2.09. The molecule has 0 bridgehead atoms. The molecule has 0 radical (unpaired) electrons. The Bertz CT molecular complexity index is 349. The largest absolute Gasteiger partial charge is 0.493 e. The predicted octanol–water partition coefficient (Wildman–Crippen LogP) is 2.66. The first-order valence-electron chi connectivity index (χ1n) is 5.74. The molecule has 0 saturated heterocycles. The van der Waals surface area contributed by atoms with Crippen LogP contribution in [0.5, 0.6) is 11.5 Å². The van der Waals surface area contributed by atoms with Gasteiger partial charge < -0.3 is 14.2 Å². The summed E-state index contributed by atoms with van der Waals surface area (Å²) in [6.45, 7) is 5.26. The third kappa shape index (κ3) is 4.44. The molecule has 0 aliphatic rings. The predicted molar refractivity (Wildman–Crippen MR) is 64.7 cm³/mol. The van der Waals surface area contributed by atoms with Crippen LogP contribution in [0.2, 0.25) is 0 Å². The van der Waals surface area contributed by atoms with Crippen molar-refractivity contribution in [1.82, 2.24) is 0 Å². The number of aldehydes is 1. The Morgan fingerprint density at radius 2 is 2.06 bits per heavy atom. The summed E-state index contributed by atoms with van der Waals surface area (Å²) < 4.78 is 15.9. The molecule has 0 aliphatic carbocycles. The van der Waals surface area contributed by atoms with Crippen molar-refractivity contribution in [3.05, 3.63) is 23.8 Å². The quantitative estimate of drug-likeness (QED) is 0.397. The monoisotopic (exact) mass is 238 g/mol. The highest BCUT2D eigenvalue weighted by Crippen LogP contribution is 2.24. The Hall–Kier alpha value is -1.55. The molecule has 0 unspecified atom stereocenters. The molecular formula is C13H18O4. The van der Waals surface area contributed by atoms with Crippen LogP contribution in [0, 0.1) is 0 Å². The first kappa shape index (κ1) is 13.5. The molecular weight excluding hydrogens is 220 g/mol. The summed E-state index contributed by atoms with van der Waals surface area (Å²) in [5.74, 6) is 1.19. The highest BCUT2D eigenvalue weighted by molar-refractivity contribution is 5.79. The van der Waals surface area contributed by atoms with Crippen molar-refractivity contribution in [2.24, 2.45) is 0 Å². The molecule has 1 aromatic carbocycles. The summed E-state index contributed by atoms with van der Waals surface area (Å²) >= 11 is 0. The molecule has 4 nitrogen and oxygen atoms in total. The van der Waals surface area contributed by atoms with Gasteiger partial charge in [-0.1, -0.05) is 6.92 Å². The maximum atomic E-state index is 10.8. The van der Waals surface area contributed by atoms with Gasteiger partial charge in [0, 0.05) is 12.7 Å². The van der Waals surface area contributed by atoms with Gasteiger partial charge in [-0.2, -0.15) is 0 Å². The number of benzene rings is 1. The number of carbonyl (C=O) groups excluding carboxylic acids is 1. The van der Waals surface area contributed by atoms with Crippen molar-refractivity contribution in [1.29, 1.82) is 0 Å². The lowest BCUT2D eigenvalue weighted by molar-refractivity contribution is 0.0219. The zero-order valence-corrected chi connectivity index (χ0v) is 10.3. The fourth-order valence-electron chi connectivity index (χ4n) is 1.24. The van der Waals surface area contributed by atoms with Crippen molar-refractivity contribution in [3.8, 4) is 11.5 Å². The molecule has 0 heterocycles. The van der Waals surface area contributed by atoms with Gasteiger partial charge in [-0.05, 0) is 25.5 Å². The Balaban J connectivity index is 2.71. The number of carbonyl (C=O) groups is 1. The molecule has 0 atom stereocenters. The lowest BCUT2D eigenvalue weighted by Gasteiger charge is -2.10. The van der Waals surface area contributed by atoms with E-state index in [1.54, 1.807) is 18.2 Å². The molecule has 0 aromatic heterocycles. The summed E-state index contributed by atoms with van der Waals surface area (Å²) in [6.07, 6.45) is 1.69. The van der Waals surface area contributed by atoms with Crippen LogP contribution >= 0.6 is 0 Å². The normalized spacial score (nSPS) is 10.0. The van der Waals surface area contributed by atoms with Crippen LogP contribution in [0.4, 0.5) is 0 Å². The summed E-state index contributed by atoms with van der Waals surface area (Å²) in [5, 5.41) is 0. The van der Waals surface area contributed by atoms with E-state index in [2.05, 4.69) is 0 Å². The summed E-state index contributed by atoms with van der Waals surface area (Å²) in [7, 11) is 0. The molecule has 0 spiro atoms. The molecule has 0 fully saturated rings. The minimum absolute atomic E-state index is 0.134. The first-order chi connectivity index (χ1) is 8.31. The fourth-order valence-corrected chi connectivity index (χ4v) is 1.24. The van der Waals surface area contributed by atoms with E-state index in [-0.39, 0.29) is 6.79 Å². The molecule has 0 saturated carbocycles. The van der Waals surface area contributed by atoms with Crippen molar-refractivity contribution < 1.29 is 19.0 Å². The maximum Gasteiger partial charge on any atom is 0.189 e. The molecule has 0 N–H and O–H groups in total. The van der Waals surface area contributed by atoms with Crippen LogP contribution in [0.3, 0.4) is 0 Å². The molecule has 4 heteroatoms. The van der Waals surface area contributed by atoms with Crippen LogP contribution in [0.25, 0.3) is 0 Å². The zero-order chi connectivity index (χ0) is 12.5. The Kier molecular flexibility index (Phi) is 6.10. The van der Waals surface area contributed by atoms with Gasteiger partial charge in [0.05, 0.1) is 12.2 Å². The first-order valence-corrected chi connectivity index (χ1v) is 5.74. The second-order valence-corrected chi connectivity index (χ2v) is 3.42. The van der Waals surface area contributed by atoms with E-state index in [1.165, 1.54) is 0 Å². The average Bonchev–Trinajstić information content (AvgIpc) is 2.37. The van der Waals surface area contributed by atoms with Gasteiger partial charge in [-0.3, -0.25) is 4.79 Å². The van der Waals surface area contributed by atoms with Crippen LogP contribution in [0.15, 0.2) is 18.2 Å². The minimum atomic E-state index is 0.134. The van der Waals surface area contributed by atoms with E-state index in [9.17, 15) is 4.79 Å². The van der Waals surface area contributed by atoms with Gasteiger partial charge in [0.25, 0.3) is 0 Å². The third-order valence-electron chi connectivity index (χ3n) is 2.09. The number of hydrogen-bond donors (Lipinski definition) is 0. The Morgan fingerprint density at radius 1 is 1.24 bits per heavy atom. The van der Waals surface area contributed by atoms with E-state index in [4.69, 9.17) is 14.2 Å². The summed E-state index contributed by atoms with van der Waals surface area (Å²) in [4.78, 5) is 10.8. The van der Waals surface area contributed by atoms with Crippen LogP contribution in [-0.2, 0) is 4.74 Å².